The number of aryl methyl sites for hydroxylation is 1. The second-order valence-electron chi connectivity index (χ2n) is 4.74. The van der Waals surface area contributed by atoms with Gasteiger partial charge < -0.3 is 15.2 Å². The number of carbonyl (C=O) groups excluding carboxylic acids is 1. The number of hydrazone groups is 1. The molecule has 3 N–H and O–H groups in total. The van der Waals surface area contributed by atoms with Crippen molar-refractivity contribution >= 4 is 28.6 Å². The van der Waals surface area contributed by atoms with Crippen LogP contribution in [0, 0.1) is 6.92 Å². The smallest absolute Gasteiger partial charge is 0.283 e. The van der Waals surface area contributed by atoms with Gasteiger partial charge in [-0.3, -0.25) is 4.79 Å². The van der Waals surface area contributed by atoms with E-state index in [0.717, 1.165) is 16.9 Å². The number of nitrogens with two attached hydrogens (primary N) is 1. The second kappa shape index (κ2) is 8.30. The third-order valence-corrected chi connectivity index (χ3v) is 3.95. The number of amides is 1. The molecule has 0 aliphatic heterocycles. The van der Waals surface area contributed by atoms with Crippen LogP contribution in [0.15, 0.2) is 23.3 Å². The van der Waals surface area contributed by atoms with Gasteiger partial charge in [0.15, 0.2) is 16.6 Å². The van der Waals surface area contributed by atoms with Gasteiger partial charge in [-0.2, -0.15) is 5.10 Å². The number of thiazole rings is 1. The van der Waals surface area contributed by atoms with Gasteiger partial charge in [0.05, 0.1) is 25.1 Å². The van der Waals surface area contributed by atoms with Crippen LogP contribution in [0.25, 0.3) is 0 Å². The van der Waals surface area contributed by atoms with Crippen LogP contribution in [0.2, 0.25) is 0 Å². The summed E-state index contributed by atoms with van der Waals surface area (Å²) >= 11 is 1.13. The molecule has 8 heteroatoms. The molecule has 2 aromatic rings. The van der Waals surface area contributed by atoms with Crippen LogP contribution >= 0.6 is 11.3 Å². The molecular weight excluding hydrogens is 328 g/mol. The lowest BCUT2D eigenvalue weighted by Gasteiger charge is -2.11. The van der Waals surface area contributed by atoms with E-state index in [1.165, 1.54) is 6.21 Å². The van der Waals surface area contributed by atoms with Gasteiger partial charge in [-0.1, -0.05) is 11.3 Å². The van der Waals surface area contributed by atoms with Crippen LogP contribution in [0.3, 0.4) is 0 Å². The van der Waals surface area contributed by atoms with E-state index in [0.29, 0.717) is 40.4 Å². The minimum absolute atomic E-state index is 0.339. The third kappa shape index (κ3) is 4.45. The molecule has 1 heterocycles. The Morgan fingerprint density at radius 2 is 2.04 bits per heavy atom. The van der Waals surface area contributed by atoms with E-state index in [2.05, 4.69) is 15.5 Å². The number of anilines is 1. The van der Waals surface area contributed by atoms with Crippen molar-refractivity contribution in [1.29, 1.82) is 0 Å². The van der Waals surface area contributed by atoms with E-state index in [1.807, 2.05) is 26.0 Å². The molecule has 0 saturated heterocycles. The Morgan fingerprint density at radius 1 is 1.33 bits per heavy atom. The van der Waals surface area contributed by atoms with Crippen molar-refractivity contribution in [2.75, 3.05) is 18.9 Å². The number of aromatic nitrogens is 1. The number of hydrogen-bond donors (Lipinski definition) is 2. The fourth-order valence-electron chi connectivity index (χ4n) is 1.99. The van der Waals surface area contributed by atoms with Crippen LogP contribution in [-0.2, 0) is 0 Å². The first-order chi connectivity index (χ1) is 11.5. The molecule has 0 saturated carbocycles. The van der Waals surface area contributed by atoms with Crippen molar-refractivity contribution in [3.05, 3.63) is 34.3 Å². The highest BCUT2D eigenvalue weighted by atomic mass is 32.1. The molecule has 0 atom stereocenters. The maximum Gasteiger partial charge on any atom is 0.283 e. The van der Waals surface area contributed by atoms with Crippen molar-refractivity contribution in [2.24, 2.45) is 5.10 Å². The summed E-state index contributed by atoms with van der Waals surface area (Å²) in [5.74, 6) is 0.978. The summed E-state index contributed by atoms with van der Waals surface area (Å²) in [5.41, 5.74) is 9.42. The average Bonchev–Trinajstić information content (AvgIpc) is 2.89. The van der Waals surface area contributed by atoms with Crippen molar-refractivity contribution in [3.63, 3.8) is 0 Å². The first-order valence-corrected chi connectivity index (χ1v) is 8.32. The Hall–Kier alpha value is -2.61. The summed E-state index contributed by atoms with van der Waals surface area (Å²) in [6.45, 7) is 6.63. The van der Waals surface area contributed by atoms with Crippen LogP contribution in [-0.4, -0.2) is 30.3 Å². The van der Waals surface area contributed by atoms with Gasteiger partial charge >= 0.3 is 0 Å². The number of carbonyl (C=O) groups is 1. The molecule has 1 aromatic heterocycles. The largest absolute Gasteiger partial charge is 0.490 e. The van der Waals surface area contributed by atoms with Gasteiger partial charge in [0.25, 0.3) is 5.91 Å². The predicted octanol–water partition coefficient (Wildman–Crippen LogP) is 2.60. The fourth-order valence-corrected chi connectivity index (χ4v) is 2.72. The number of nitrogens with one attached hydrogen (secondary N) is 1. The number of nitrogen functional groups attached to an aromatic ring is 1. The van der Waals surface area contributed by atoms with Gasteiger partial charge in [-0.05, 0) is 44.5 Å². The molecule has 0 aliphatic carbocycles. The third-order valence-electron chi connectivity index (χ3n) is 2.97. The SMILES string of the molecule is CCOc1ccc(/C=N\NC(=O)c2sc(N)nc2C)cc1OCC. The molecule has 1 aromatic carbocycles. The molecule has 0 aliphatic rings. The Bertz CT molecular complexity index is 743. The predicted molar refractivity (Wildman–Crippen MR) is 95.1 cm³/mol. The summed E-state index contributed by atoms with van der Waals surface area (Å²) in [6, 6.07) is 5.45. The van der Waals surface area contributed by atoms with Crippen molar-refractivity contribution in [3.8, 4) is 11.5 Å². The molecule has 0 radical (unpaired) electrons. The van der Waals surface area contributed by atoms with Crippen molar-refractivity contribution in [2.45, 2.75) is 20.8 Å². The van der Waals surface area contributed by atoms with Gasteiger partial charge in [0.2, 0.25) is 0 Å². The zero-order valence-electron chi connectivity index (χ0n) is 13.8. The topological polar surface area (TPSA) is 98.8 Å². The molecule has 0 fully saturated rings. The van der Waals surface area contributed by atoms with E-state index in [1.54, 1.807) is 13.0 Å². The lowest BCUT2D eigenvalue weighted by molar-refractivity contribution is 0.0958. The van der Waals surface area contributed by atoms with Gasteiger partial charge in [0, 0.05) is 0 Å². The molecule has 2 rings (SSSR count). The molecule has 0 bridgehead atoms. The average molecular weight is 348 g/mol. The van der Waals surface area contributed by atoms with Crippen molar-refractivity contribution in [1.82, 2.24) is 10.4 Å². The number of benzene rings is 1. The molecule has 0 unspecified atom stereocenters. The summed E-state index contributed by atoms with van der Waals surface area (Å²) < 4.78 is 11.1. The monoisotopic (exact) mass is 348 g/mol. The minimum Gasteiger partial charge on any atom is -0.490 e. The van der Waals surface area contributed by atoms with Gasteiger partial charge in [-0.15, -0.1) is 0 Å². The highest BCUT2D eigenvalue weighted by Gasteiger charge is 2.13. The highest BCUT2D eigenvalue weighted by molar-refractivity contribution is 7.17. The Morgan fingerprint density at radius 3 is 2.67 bits per heavy atom. The molecule has 128 valence electrons. The Kier molecular flexibility index (Phi) is 6.14. The molecule has 1 amide bonds. The molecule has 0 spiro atoms. The molecule has 24 heavy (non-hydrogen) atoms. The maximum atomic E-state index is 12.0. The number of rotatable bonds is 7. The zero-order valence-corrected chi connectivity index (χ0v) is 14.6. The number of nitrogens with zero attached hydrogens (tertiary/aromatic N) is 2. The van der Waals surface area contributed by atoms with Crippen LogP contribution < -0.4 is 20.6 Å². The Balaban J connectivity index is 2.07. The van der Waals surface area contributed by atoms with E-state index < -0.39 is 0 Å². The van der Waals surface area contributed by atoms with E-state index >= 15 is 0 Å². The normalized spacial score (nSPS) is 10.8. The van der Waals surface area contributed by atoms with Gasteiger partial charge in [-0.25, -0.2) is 10.4 Å². The lowest BCUT2D eigenvalue weighted by Crippen LogP contribution is -2.17. The summed E-state index contributed by atoms with van der Waals surface area (Å²) in [7, 11) is 0. The van der Waals surface area contributed by atoms with Gasteiger partial charge in [0.1, 0.15) is 4.88 Å². The van der Waals surface area contributed by atoms with E-state index in [9.17, 15) is 4.79 Å². The number of hydrogen-bond acceptors (Lipinski definition) is 7. The van der Waals surface area contributed by atoms with E-state index in [4.69, 9.17) is 15.2 Å². The number of ether oxygens (including phenoxy) is 2. The second-order valence-corrected chi connectivity index (χ2v) is 5.77. The molecular formula is C16H20N4O3S. The van der Waals surface area contributed by atoms with Crippen molar-refractivity contribution < 1.29 is 14.3 Å². The summed E-state index contributed by atoms with van der Waals surface area (Å²) in [6.07, 6.45) is 1.54. The lowest BCUT2D eigenvalue weighted by atomic mass is 10.2. The first-order valence-electron chi connectivity index (χ1n) is 7.51. The summed E-state index contributed by atoms with van der Waals surface area (Å²) in [5, 5.41) is 4.32. The Labute approximate surface area is 144 Å². The van der Waals surface area contributed by atoms with E-state index in [-0.39, 0.29) is 5.91 Å². The first kappa shape index (κ1) is 17.7. The van der Waals surface area contributed by atoms with Crippen LogP contribution in [0.4, 0.5) is 5.13 Å². The quantitative estimate of drug-likeness (QED) is 0.592. The highest BCUT2D eigenvalue weighted by Crippen LogP contribution is 2.28. The maximum absolute atomic E-state index is 12.0. The molecule has 7 nitrogen and oxygen atoms in total. The summed E-state index contributed by atoms with van der Waals surface area (Å²) in [4.78, 5) is 16.5. The fraction of sp³-hybridized carbons (Fsp3) is 0.312. The standard InChI is InChI=1S/C16H20N4O3S/c1-4-22-12-7-6-11(8-13(12)23-5-2)9-18-20-15(21)14-10(3)19-16(17)24-14/h6-9H,4-5H2,1-3H3,(H2,17,19)(H,20,21)/b18-9-. The minimum atomic E-state index is -0.339. The van der Waals surface area contributed by atoms with Crippen LogP contribution in [0.5, 0.6) is 11.5 Å². The van der Waals surface area contributed by atoms with Crippen LogP contribution in [0.1, 0.15) is 34.8 Å². The zero-order chi connectivity index (χ0) is 17.5.